The van der Waals surface area contributed by atoms with E-state index in [9.17, 15) is 14.9 Å². The number of hydrogen-bond donors (Lipinski definition) is 2. The average molecular weight is 321 g/mol. The van der Waals surface area contributed by atoms with E-state index in [4.69, 9.17) is 11.6 Å². The third kappa shape index (κ3) is 3.70. The highest BCUT2D eigenvalue weighted by atomic mass is 35.5. The van der Waals surface area contributed by atoms with E-state index in [1.807, 2.05) is 0 Å². The molecule has 0 saturated heterocycles. The van der Waals surface area contributed by atoms with Crippen molar-refractivity contribution in [3.63, 3.8) is 0 Å². The molecule has 7 nitrogen and oxygen atoms in total. The number of hydrogen-bond acceptors (Lipinski definition) is 5. The van der Waals surface area contributed by atoms with Gasteiger partial charge in [0.1, 0.15) is 0 Å². The van der Waals surface area contributed by atoms with E-state index in [2.05, 4.69) is 15.6 Å². The van der Waals surface area contributed by atoms with Gasteiger partial charge in [-0.2, -0.15) is 0 Å². The van der Waals surface area contributed by atoms with Crippen molar-refractivity contribution >= 4 is 34.7 Å². The lowest BCUT2D eigenvalue weighted by molar-refractivity contribution is -0.384. The van der Waals surface area contributed by atoms with Crippen molar-refractivity contribution < 1.29 is 9.72 Å². The first kappa shape index (κ1) is 15.7. The first-order valence-electron chi connectivity index (χ1n) is 6.37. The molecule has 0 bridgehead atoms. The molecule has 1 aromatic carbocycles. The Morgan fingerprint density at radius 1 is 1.36 bits per heavy atom. The lowest BCUT2D eigenvalue weighted by atomic mass is 10.2. The van der Waals surface area contributed by atoms with Crippen LogP contribution in [0.2, 0.25) is 5.02 Å². The number of nitrogens with one attached hydrogen (secondary N) is 2. The fourth-order valence-corrected chi connectivity index (χ4v) is 1.96. The topological polar surface area (TPSA) is 97.2 Å². The van der Waals surface area contributed by atoms with Gasteiger partial charge in [-0.3, -0.25) is 14.9 Å². The molecule has 1 aromatic heterocycles. The maximum atomic E-state index is 11.9. The molecule has 1 amide bonds. The van der Waals surface area contributed by atoms with Gasteiger partial charge < -0.3 is 10.6 Å². The summed E-state index contributed by atoms with van der Waals surface area (Å²) in [5.74, 6) is -0.309. The molecule has 1 heterocycles. The Labute approximate surface area is 131 Å². The Kier molecular flexibility index (Phi) is 4.90. The molecule has 0 aliphatic heterocycles. The number of carbonyl (C=O) groups excluding carboxylic acids is 1. The molecular formula is C14H13ClN4O3. The summed E-state index contributed by atoms with van der Waals surface area (Å²) in [7, 11) is 0. The van der Waals surface area contributed by atoms with Crippen molar-refractivity contribution in [1.82, 2.24) is 4.98 Å². The monoisotopic (exact) mass is 320 g/mol. The SMILES string of the molecule is Cc1c(Cl)cccc1NC(=O)CNc1ncccc1[N+](=O)[O-]. The van der Waals surface area contributed by atoms with Crippen LogP contribution < -0.4 is 10.6 Å². The first-order valence-corrected chi connectivity index (χ1v) is 6.75. The van der Waals surface area contributed by atoms with Gasteiger partial charge in [-0.15, -0.1) is 0 Å². The minimum absolute atomic E-state index is 0.0467. The molecule has 114 valence electrons. The number of benzene rings is 1. The van der Waals surface area contributed by atoms with Crippen LogP contribution in [-0.2, 0) is 4.79 Å². The standard InChI is InChI=1S/C14H13ClN4O3/c1-9-10(15)4-2-5-11(9)18-13(20)8-17-14-12(19(21)22)6-3-7-16-14/h2-7H,8H2,1H3,(H,16,17)(H,18,20). The average Bonchev–Trinajstić information content (AvgIpc) is 2.50. The fraction of sp³-hybridized carbons (Fsp3) is 0.143. The predicted molar refractivity (Wildman–Crippen MR) is 84.2 cm³/mol. The van der Waals surface area contributed by atoms with E-state index < -0.39 is 4.92 Å². The lowest BCUT2D eigenvalue weighted by Crippen LogP contribution is -2.23. The second-order valence-corrected chi connectivity index (χ2v) is 4.85. The Bertz CT molecular complexity index is 721. The molecule has 2 N–H and O–H groups in total. The van der Waals surface area contributed by atoms with E-state index in [0.29, 0.717) is 10.7 Å². The predicted octanol–water partition coefficient (Wildman–Crippen LogP) is 3.00. The number of halogens is 1. The number of carbonyl (C=O) groups is 1. The van der Waals surface area contributed by atoms with Gasteiger partial charge >= 0.3 is 5.69 Å². The van der Waals surface area contributed by atoms with Gasteiger partial charge in [0, 0.05) is 23.0 Å². The highest BCUT2D eigenvalue weighted by molar-refractivity contribution is 6.31. The summed E-state index contributed by atoms with van der Waals surface area (Å²) < 4.78 is 0. The van der Waals surface area contributed by atoms with E-state index in [1.54, 1.807) is 25.1 Å². The van der Waals surface area contributed by atoms with Crippen molar-refractivity contribution in [2.45, 2.75) is 6.92 Å². The van der Waals surface area contributed by atoms with Crippen molar-refractivity contribution in [1.29, 1.82) is 0 Å². The lowest BCUT2D eigenvalue weighted by Gasteiger charge is -2.10. The van der Waals surface area contributed by atoms with Crippen LogP contribution >= 0.6 is 11.6 Å². The number of aromatic nitrogens is 1. The molecule has 22 heavy (non-hydrogen) atoms. The molecule has 0 unspecified atom stereocenters. The third-order valence-corrected chi connectivity index (χ3v) is 3.35. The van der Waals surface area contributed by atoms with Crippen molar-refractivity contribution in [2.75, 3.05) is 17.2 Å². The van der Waals surface area contributed by atoms with Crippen LogP contribution in [0.15, 0.2) is 36.5 Å². The van der Waals surface area contributed by atoms with E-state index in [1.165, 1.54) is 18.3 Å². The number of nitro groups is 1. The molecule has 2 rings (SSSR count). The summed E-state index contributed by atoms with van der Waals surface area (Å²) in [6.45, 7) is 1.64. The van der Waals surface area contributed by atoms with E-state index in [0.717, 1.165) is 5.56 Å². The van der Waals surface area contributed by atoms with Crippen molar-refractivity contribution in [2.24, 2.45) is 0 Å². The smallest absolute Gasteiger partial charge is 0.311 e. The Balaban J connectivity index is 2.02. The van der Waals surface area contributed by atoms with Crippen molar-refractivity contribution in [3.8, 4) is 0 Å². The molecule has 0 radical (unpaired) electrons. The zero-order chi connectivity index (χ0) is 16.1. The number of nitrogens with zero attached hydrogens (tertiary/aromatic N) is 2. The molecule has 0 spiro atoms. The highest BCUT2D eigenvalue weighted by Crippen LogP contribution is 2.23. The molecule has 0 aliphatic rings. The van der Waals surface area contributed by atoms with Gasteiger partial charge in [-0.1, -0.05) is 17.7 Å². The number of rotatable bonds is 5. The maximum Gasteiger partial charge on any atom is 0.311 e. The molecule has 0 atom stereocenters. The highest BCUT2D eigenvalue weighted by Gasteiger charge is 2.15. The van der Waals surface area contributed by atoms with Gasteiger partial charge in [0.15, 0.2) is 0 Å². The van der Waals surface area contributed by atoms with Gasteiger partial charge in [0.25, 0.3) is 0 Å². The minimum Gasteiger partial charge on any atom is -0.355 e. The van der Waals surface area contributed by atoms with Crippen LogP contribution in [-0.4, -0.2) is 22.4 Å². The number of anilines is 2. The molecular weight excluding hydrogens is 308 g/mol. The molecule has 2 aromatic rings. The Morgan fingerprint density at radius 3 is 2.86 bits per heavy atom. The van der Waals surface area contributed by atoms with Crippen LogP contribution in [0.1, 0.15) is 5.56 Å². The number of pyridine rings is 1. The van der Waals surface area contributed by atoms with Crippen LogP contribution in [0.25, 0.3) is 0 Å². The van der Waals surface area contributed by atoms with Crippen LogP contribution in [0.3, 0.4) is 0 Å². The zero-order valence-corrected chi connectivity index (χ0v) is 12.4. The normalized spacial score (nSPS) is 10.1. The summed E-state index contributed by atoms with van der Waals surface area (Å²) in [4.78, 5) is 26.1. The maximum absolute atomic E-state index is 11.9. The first-order chi connectivity index (χ1) is 10.5. The summed E-state index contributed by atoms with van der Waals surface area (Å²) >= 11 is 5.97. The van der Waals surface area contributed by atoms with Crippen LogP contribution in [0, 0.1) is 17.0 Å². The van der Waals surface area contributed by atoms with Gasteiger partial charge in [0.2, 0.25) is 11.7 Å². The zero-order valence-electron chi connectivity index (χ0n) is 11.7. The van der Waals surface area contributed by atoms with Gasteiger partial charge in [0.05, 0.1) is 11.5 Å². The number of amides is 1. The quantitative estimate of drug-likeness (QED) is 0.652. The van der Waals surface area contributed by atoms with Crippen LogP contribution in [0.5, 0.6) is 0 Å². The van der Waals surface area contributed by atoms with E-state index >= 15 is 0 Å². The summed E-state index contributed by atoms with van der Waals surface area (Å²) in [5.41, 5.74) is 1.16. The summed E-state index contributed by atoms with van der Waals surface area (Å²) in [5, 5.41) is 16.7. The fourth-order valence-electron chi connectivity index (χ4n) is 1.78. The van der Waals surface area contributed by atoms with Gasteiger partial charge in [-0.05, 0) is 30.7 Å². The second-order valence-electron chi connectivity index (χ2n) is 4.44. The molecule has 8 heteroatoms. The third-order valence-electron chi connectivity index (χ3n) is 2.94. The largest absolute Gasteiger partial charge is 0.355 e. The Morgan fingerprint density at radius 2 is 2.14 bits per heavy atom. The molecule has 0 aliphatic carbocycles. The molecule has 0 fully saturated rings. The van der Waals surface area contributed by atoms with Crippen molar-refractivity contribution in [3.05, 3.63) is 57.2 Å². The van der Waals surface area contributed by atoms with Gasteiger partial charge in [-0.25, -0.2) is 4.98 Å². The van der Waals surface area contributed by atoms with Crippen LogP contribution in [0.4, 0.5) is 17.2 Å². The minimum atomic E-state index is -0.561. The molecule has 0 saturated carbocycles. The summed E-state index contributed by atoms with van der Waals surface area (Å²) in [6.07, 6.45) is 1.41. The van der Waals surface area contributed by atoms with E-state index in [-0.39, 0.29) is 24.0 Å². The summed E-state index contributed by atoms with van der Waals surface area (Å²) in [6, 6.07) is 7.94. The second kappa shape index (κ2) is 6.86. The Hall–Kier alpha value is -2.67.